The predicted octanol–water partition coefficient (Wildman–Crippen LogP) is 4.66. The number of hydrogen-bond donors (Lipinski definition) is 0. The number of benzene rings is 2. The lowest BCUT2D eigenvalue weighted by Gasteiger charge is -2.11. The van der Waals surface area contributed by atoms with E-state index in [0.717, 1.165) is 21.4 Å². The van der Waals surface area contributed by atoms with Crippen molar-refractivity contribution in [3.05, 3.63) is 71.4 Å². The van der Waals surface area contributed by atoms with Gasteiger partial charge in [0.05, 0.1) is 0 Å². The number of anilines is 1. The Bertz CT molecular complexity index is 781. The van der Waals surface area contributed by atoms with Crippen LogP contribution in [0.3, 0.4) is 0 Å². The first-order valence-electron chi connectivity index (χ1n) is 7.58. The summed E-state index contributed by atoms with van der Waals surface area (Å²) in [5.74, 6) is 0.824. The van der Waals surface area contributed by atoms with Gasteiger partial charge in [-0.25, -0.2) is 4.99 Å². The highest BCUT2D eigenvalue weighted by Gasteiger charge is 2.22. The summed E-state index contributed by atoms with van der Waals surface area (Å²) in [5, 5.41) is 0.0160. The smallest absolute Gasteiger partial charge is 0.244 e. The Morgan fingerprint density at radius 1 is 1.08 bits per heavy atom. The molecule has 1 heterocycles. The second-order valence-corrected chi connectivity index (χ2v) is 7.74. The van der Waals surface area contributed by atoms with E-state index in [4.69, 9.17) is 0 Å². The van der Waals surface area contributed by atoms with E-state index in [2.05, 4.69) is 17.1 Å². The third-order valence-corrected chi connectivity index (χ3v) is 5.60. The van der Waals surface area contributed by atoms with Crippen molar-refractivity contribution in [3.63, 3.8) is 0 Å². The molecule has 0 spiro atoms. The van der Waals surface area contributed by atoms with E-state index in [1.54, 1.807) is 11.8 Å². The normalized spacial score (nSPS) is 15.7. The summed E-state index contributed by atoms with van der Waals surface area (Å²) in [5.41, 5.74) is 3.87. The Labute approximate surface area is 150 Å². The van der Waals surface area contributed by atoms with Gasteiger partial charge >= 0.3 is 0 Å². The van der Waals surface area contributed by atoms with Gasteiger partial charge in [-0.15, -0.1) is 0 Å². The van der Waals surface area contributed by atoms with E-state index in [-0.39, 0.29) is 5.12 Å². The fourth-order valence-electron chi connectivity index (χ4n) is 2.20. The average molecular weight is 354 g/mol. The van der Waals surface area contributed by atoms with Crippen molar-refractivity contribution in [1.82, 2.24) is 0 Å². The van der Waals surface area contributed by atoms with Gasteiger partial charge in [0.1, 0.15) is 10.1 Å². The zero-order valence-electron chi connectivity index (χ0n) is 13.6. The molecule has 0 radical (unpaired) electrons. The molecule has 0 aliphatic carbocycles. The molecule has 122 valence electrons. The highest BCUT2D eigenvalue weighted by atomic mass is 32.2. The molecule has 2 aromatic rings. The summed E-state index contributed by atoms with van der Waals surface area (Å²) in [6.07, 6.45) is 1.85. The monoisotopic (exact) mass is 354 g/mol. The van der Waals surface area contributed by atoms with Crippen LogP contribution < -0.4 is 4.90 Å². The number of hydrogen-bond acceptors (Lipinski definition) is 5. The molecular weight excluding hydrogens is 336 g/mol. The fraction of sp³-hybridized carbons (Fsp3) is 0.158. The largest absolute Gasteiger partial charge is 0.378 e. The van der Waals surface area contributed by atoms with Gasteiger partial charge in [-0.05, 0) is 41.1 Å². The van der Waals surface area contributed by atoms with E-state index >= 15 is 0 Å². The molecule has 5 heteroatoms. The minimum absolute atomic E-state index is 0.0160. The minimum atomic E-state index is 0.0160. The number of rotatable bonds is 4. The zero-order valence-corrected chi connectivity index (χ0v) is 15.2. The maximum absolute atomic E-state index is 12.1. The van der Waals surface area contributed by atoms with Gasteiger partial charge in [0, 0.05) is 25.5 Å². The highest BCUT2D eigenvalue weighted by Crippen LogP contribution is 2.32. The van der Waals surface area contributed by atoms with Crippen molar-refractivity contribution >= 4 is 44.8 Å². The lowest BCUT2D eigenvalue weighted by Crippen LogP contribution is -2.07. The Morgan fingerprint density at radius 2 is 1.79 bits per heavy atom. The Kier molecular flexibility index (Phi) is 5.43. The van der Waals surface area contributed by atoms with E-state index < -0.39 is 0 Å². The second-order valence-electron chi connectivity index (χ2n) is 5.56. The standard InChI is InChI=1S/C19H18N2OS2/c1-21(2)16-10-8-14(9-11-16)12-17-18(22)24-19(20-17)23-13-15-6-4-3-5-7-15/h3-12H,13H2,1-2H3/b17-12+. The number of aliphatic imine (C=N–C) groups is 1. The molecule has 0 aromatic heterocycles. The first-order chi connectivity index (χ1) is 11.6. The maximum atomic E-state index is 12.1. The molecule has 24 heavy (non-hydrogen) atoms. The molecule has 0 unspecified atom stereocenters. The van der Waals surface area contributed by atoms with Crippen LogP contribution in [0.1, 0.15) is 11.1 Å². The van der Waals surface area contributed by atoms with Crippen LogP contribution in [0, 0.1) is 0 Å². The zero-order chi connectivity index (χ0) is 16.9. The lowest BCUT2D eigenvalue weighted by molar-refractivity contribution is -0.107. The van der Waals surface area contributed by atoms with Crippen molar-refractivity contribution in [2.75, 3.05) is 19.0 Å². The summed E-state index contributed by atoms with van der Waals surface area (Å²) in [6, 6.07) is 18.3. The van der Waals surface area contributed by atoms with Crippen LogP contribution in [0.15, 0.2) is 65.3 Å². The predicted molar refractivity (Wildman–Crippen MR) is 107 cm³/mol. The second kappa shape index (κ2) is 7.73. The van der Waals surface area contributed by atoms with Crippen LogP contribution in [-0.4, -0.2) is 23.6 Å². The average Bonchev–Trinajstić information content (AvgIpc) is 2.94. The van der Waals surface area contributed by atoms with Crippen LogP contribution in [0.25, 0.3) is 6.08 Å². The van der Waals surface area contributed by atoms with Crippen molar-refractivity contribution < 1.29 is 4.79 Å². The summed E-state index contributed by atoms with van der Waals surface area (Å²) in [6.45, 7) is 0. The molecule has 3 nitrogen and oxygen atoms in total. The van der Waals surface area contributed by atoms with Crippen LogP contribution in [0.4, 0.5) is 5.69 Å². The van der Waals surface area contributed by atoms with Crippen molar-refractivity contribution in [2.24, 2.45) is 4.99 Å². The number of carbonyl (C=O) groups excluding carboxylic acids is 1. The molecule has 2 aromatic carbocycles. The lowest BCUT2D eigenvalue weighted by atomic mass is 10.1. The molecule has 1 aliphatic rings. The molecule has 1 aliphatic heterocycles. The molecule has 0 atom stereocenters. The Hall–Kier alpha value is -1.98. The van der Waals surface area contributed by atoms with Gasteiger partial charge in [0.25, 0.3) is 0 Å². The van der Waals surface area contributed by atoms with Gasteiger partial charge < -0.3 is 4.90 Å². The molecular formula is C19H18N2OS2. The summed E-state index contributed by atoms with van der Waals surface area (Å²) in [4.78, 5) is 18.7. The number of carbonyl (C=O) groups is 1. The van der Waals surface area contributed by atoms with Gasteiger partial charge in [-0.1, -0.05) is 54.2 Å². The van der Waals surface area contributed by atoms with Crippen molar-refractivity contribution in [3.8, 4) is 0 Å². The SMILES string of the molecule is CN(C)c1ccc(/C=C2/N=C(SCc3ccccc3)SC2=O)cc1. The Balaban J connectivity index is 1.69. The van der Waals surface area contributed by atoms with Crippen LogP contribution >= 0.6 is 23.5 Å². The van der Waals surface area contributed by atoms with E-state index in [1.165, 1.54) is 17.3 Å². The van der Waals surface area contributed by atoms with Crippen molar-refractivity contribution in [2.45, 2.75) is 5.75 Å². The first kappa shape index (κ1) is 16.9. The van der Waals surface area contributed by atoms with Gasteiger partial charge in [0.2, 0.25) is 5.12 Å². The number of thioether (sulfide) groups is 2. The summed E-state index contributed by atoms with van der Waals surface area (Å²) < 4.78 is 0.819. The third-order valence-electron chi connectivity index (χ3n) is 3.52. The minimum Gasteiger partial charge on any atom is -0.378 e. The van der Waals surface area contributed by atoms with Gasteiger partial charge in [-0.3, -0.25) is 4.79 Å². The third kappa shape index (κ3) is 4.30. The van der Waals surface area contributed by atoms with Crippen LogP contribution in [0.2, 0.25) is 0 Å². The summed E-state index contributed by atoms with van der Waals surface area (Å²) in [7, 11) is 4.01. The Morgan fingerprint density at radius 3 is 2.46 bits per heavy atom. The molecule has 0 bridgehead atoms. The summed E-state index contributed by atoms with van der Waals surface area (Å²) >= 11 is 2.82. The van der Waals surface area contributed by atoms with E-state index in [1.807, 2.05) is 67.5 Å². The van der Waals surface area contributed by atoms with Crippen LogP contribution in [0.5, 0.6) is 0 Å². The quantitative estimate of drug-likeness (QED) is 0.748. The molecule has 0 saturated heterocycles. The molecule has 0 N–H and O–H groups in total. The highest BCUT2D eigenvalue weighted by molar-refractivity contribution is 8.45. The van der Waals surface area contributed by atoms with Gasteiger partial charge in [0.15, 0.2) is 0 Å². The number of nitrogens with zero attached hydrogens (tertiary/aromatic N) is 2. The van der Waals surface area contributed by atoms with Crippen LogP contribution in [-0.2, 0) is 10.5 Å². The molecule has 0 saturated carbocycles. The first-order valence-corrected chi connectivity index (χ1v) is 9.39. The molecule has 3 rings (SSSR count). The van der Waals surface area contributed by atoms with E-state index in [0.29, 0.717) is 5.70 Å². The van der Waals surface area contributed by atoms with E-state index in [9.17, 15) is 4.79 Å². The molecule has 0 fully saturated rings. The van der Waals surface area contributed by atoms with Gasteiger partial charge in [-0.2, -0.15) is 0 Å². The maximum Gasteiger partial charge on any atom is 0.244 e. The van der Waals surface area contributed by atoms with Crippen molar-refractivity contribution in [1.29, 1.82) is 0 Å². The molecule has 0 amide bonds. The fourth-order valence-corrected chi connectivity index (χ4v) is 3.99. The topological polar surface area (TPSA) is 32.7 Å².